The van der Waals surface area contributed by atoms with Gasteiger partial charge in [0.05, 0.1) is 6.61 Å². The molecule has 3 rings (SSSR count). The number of nitrogens with two attached hydrogens (primary N) is 1. The number of amides is 1. The van der Waals surface area contributed by atoms with Gasteiger partial charge < -0.3 is 15.4 Å². The summed E-state index contributed by atoms with van der Waals surface area (Å²) in [6.45, 7) is 4.58. The van der Waals surface area contributed by atoms with Crippen LogP contribution in [-0.4, -0.2) is 37.0 Å². The number of piperidine rings is 1. The van der Waals surface area contributed by atoms with E-state index in [0.29, 0.717) is 5.56 Å². The van der Waals surface area contributed by atoms with E-state index in [1.807, 2.05) is 0 Å². The van der Waals surface area contributed by atoms with Gasteiger partial charge in [-0.3, -0.25) is 4.79 Å². The SMILES string of the molecule is NC(=O)c1ccc(OCCCCN2CC3CC3C2)cc1. The van der Waals surface area contributed by atoms with Gasteiger partial charge in [0, 0.05) is 18.7 Å². The Bertz CT molecular complexity index is 462. The molecule has 1 aromatic carbocycles. The summed E-state index contributed by atoms with van der Waals surface area (Å²) < 4.78 is 5.66. The van der Waals surface area contributed by atoms with Crippen LogP contribution < -0.4 is 10.5 Å². The second kappa shape index (κ2) is 5.83. The number of unbranched alkanes of at least 4 members (excludes halogenated alkanes) is 1. The summed E-state index contributed by atoms with van der Waals surface area (Å²) in [7, 11) is 0. The van der Waals surface area contributed by atoms with Crippen molar-refractivity contribution in [2.75, 3.05) is 26.2 Å². The topological polar surface area (TPSA) is 55.6 Å². The molecule has 2 unspecified atom stereocenters. The molecule has 1 saturated heterocycles. The number of nitrogens with zero attached hydrogens (tertiary/aromatic N) is 1. The van der Waals surface area contributed by atoms with E-state index >= 15 is 0 Å². The van der Waals surface area contributed by atoms with Gasteiger partial charge in [0.1, 0.15) is 5.75 Å². The van der Waals surface area contributed by atoms with Gasteiger partial charge in [0.15, 0.2) is 0 Å². The molecule has 108 valence electrons. The van der Waals surface area contributed by atoms with Gasteiger partial charge in [-0.15, -0.1) is 0 Å². The van der Waals surface area contributed by atoms with Gasteiger partial charge in [-0.05, 0) is 61.9 Å². The summed E-state index contributed by atoms with van der Waals surface area (Å²) in [5.41, 5.74) is 5.71. The van der Waals surface area contributed by atoms with Crippen LogP contribution in [0.4, 0.5) is 0 Å². The molecule has 2 N–H and O–H groups in total. The fourth-order valence-electron chi connectivity index (χ4n) is 3.02. The van der Waals surface area contributed by atoms with Crippen LogP contribution >= 0.6 is 0 Å². The number of ether oxygens (including phenoxy) is 1. The molecule has 2 aliphatic rings. The number of primary amides is 1. The fourth-order valence-corrected chi connectivity index (χ4v) is 3.02. The highest BCUT2D eigenvalue weighted by Crippen LogP contribution is 2.44. The van der Waals surface area contributed by atoms with Gasteiger partial charge >= 0.3 is 0 Å². The Morgan fingerprint density at radius 1 is 1.20 bits per heavy atom. The van der Waals surface area contributed by atoms with Crippen molar-refractivity contribution in [3.63, 3.8) is 0 Å². The minimum atomic E-state index is -0.403. The summed E-state index contributed by atoms with van der Waals surface area (Å²) in [6.07, 6.45) is 3.74. The monoisotopic (exact) mass is 274 g/mol. The Morgan fingerprint density at radius 2 is 1.90 bits per heavy atom. The Morgan fingerprint density at radius 3 is 2.55 bits per heavy atom. The first-order chi connectivity index (χ1) is 9.72. The highest BCUT2D eigenvalue weighted by Gasteiger charge is 2.44. The Labute approximate surface area is 119 Å². The molecule has 0 bridgehead atoms. The van der Waals surface area contributed by atoms with Crippen LogP contribution in [0.3, 0.4) is 0 Å². The number of rotatable bonds is 7. The van der Waals surface area contributed by atoms with Crippen LogP contribution in [-0.2, 0) is 0 Å². The number of hydrogen-bond donors (Lipinski definition) is 1. The van der Waals surface area contributed by atoms with Crippen LogP contribution in [0.5, 0.6) is 5.75 Å². The van der Waals surface area contributed by atoms with Gasteiger partial charge in [-0.1, -0.05) is 0 Å². The zero-order valence-electron chi connectivity index (χ0n) is 11.8. The lowest BCUT2D eigenvalue weighted by Crippen LogP contribution is -2.24. The standard InChI is InChI=1S/C16H22N2O2/c17-16(19)12-3-5-15(6-4-12)20-8-2-1-7-18-10-13-9-14(13)11-18/h3-6,13-14H,1-2,7-11H2,(H2,17,19). The Balaban J connectivity index is 1.30. The third-order valence-corrected chi connectivity index (χ3v) is 4.33. The minimum Gasteiger partial charge on any atom is -0.494 e. The van der Waals surface area contributed by atoms with Gasteiger partial charge in [-0.2, -0.15) is 0 Å². The molecule has 20 heavy (non-hydrogen) atoms. The van der Waals surface area contributed by atoms with Crippen LogP contribution in [0.2, 0.25) is 0 Å². The van der Waals surface area contributed by atoms with Crippen molar-refractivity contribution in [3.8, 4) is 5.75 Å². The molecule has 1 heterocycles. The third kappa shape index (κ3) is 3.31. The number of carbonyl (C=O) groups is 1. The molecular weight excluding hydrogens is 252 g/mol. The molecule has 4 heteroatoms. The van der Waals surface area contributed by atoms with E-state index in [-0.39, 0.29) is 0 Å². The summed E-state index contributed by atoms with van der Waals surface area (Å²) in [5.74, 6) is 2.45. The van der Waals surface area contributed by atoms with E-state index < -0.39 is 5.91 Å². The molecular formula is C16H22N2O2. The van der Waals surface area contributed by atoms with Gasteiger partial charge in [0.2, 0.25) is 5.91 Å². The van der Waals surface area contributed by atoms with Crippen molar-refractivity contribution >= 4 is 5.91 Å². The molecule has 1 aliphatic carbocycles. The second-order valence-corrected chi connectivity index (χ2v) is 5.96. The molecule has 1 aromatic rings. The van der Waals surface area contributed by atoms with Crippen molar-refractivity contribution in [2.24, 2.45) is 17.6 Å². The smallest absolute Gasteiger partial charge is 0.248 e. The average Bonchev–Trinajstić information content (AvgIpc) is 3.06. The normalized spacial score (nSPS) is 24.4. The lowest BCUT2D eigenvalue weighted by molar-refractivity contribution is 0.100. The van der Waals surface area contributed by atoms with E-state index in [1.165, 1.54) is 32.5 Å². The van der Waals surface area contributed by atoms with Crippen LogP contribution in [0.1, 0.15) is 29.6 Å². The molecule has 0 aromatic heterocycles. The number of benzene rings is 1. The maximum Gasteiger partial charge on any atom is 0.248 e. The van der Waals surface area contributed by atoms with Crippen molar-refractivity contribution in [1.29, 1.82) is 0 Å². The molecule has 2 fully saturated rings. The summed E-state index contributed by atoms with van der Waals surface area (Å²) in [4.78, 5) is 13.5. The van der Waals surface area contributed by atoms with Crippen LogP contribution in [0, 0.1) is 11.8 Å². The second-order valence-electron chi connectivity index (χ2n) is 5.96. The predicted octanol–water partition coefficient (Wildman–Crippen LogP) is 1.90. The summed E-state index contributed by atoms with van der Waals surface area (Å²) in [6, 6.07) is 7.00. The lowest BCUT2D eigenvalue weighted by atomic mass is 10.2. The van der Waals surface area contributed by atoms with Crippen molar-refractivity contribution in [1.82, 2.24) is 4.90 Å². The Hall–Kier alpha value is -1.55. The first kappa shape index (κ1) is 13.4. The van der Waals surface area contributed by atoms with Crippen molar-refractivity contribution in [3.05, 3.63) is 29.8 Å². The number of carbonyl (C=O) groups excluding carboxylic acids is 1. The third-order valence-electron chi connectivity index (χ3n) is 4.33. The lowest BCUT2D eigenvalue weighted by Gasteiger charge is -2.16. The molecule has 4 nitrogen and oxygen atoms in total. The first-order valence-corrected chi connectivity index (χ1v) is 7.47. The first-order valence-electron chi connectivity index (χ1n) is 7.47. The van der Waals surface area contributed by atoms with E-state index in [2.05, 4.69) is 4.90 Å². The maximum atomic E-state index is 10.9. The molecule has 1 amide bonds. The highest BCUT2D eigenvalue weighted by molar-refractivity contribution is 5.92. The summed E-state index contributed by atoms with van der Waals surface area (Å²) in [5, 5.41) is 0. The average molecular weight is 274 g/mol. The van der Waals surface area contributed by atoms with Crippen LogP contribution in [0.15, 0.2) is 24.3 Å². The molecule has 1 aliphatic heterocycles. The predicted molar refractivity (Wildman–Crippen MR) is 77.7 cm³/mol. The molecule has 2 atom stereocenters. The zero-order chi connectivity index (χ0) is 13.9. The fraction of sp³-hybridized carbons (Fsp3) is 0.562. The van der Waals surface area contributed by atoms with Crippen molar-refractivity contribution in [2.45, 2.75) is 19.3 Å². The number of likely N-dealkylation sites (tertiary alicyclic amines) is 1. The number of hydrogen-bond acceptors (Lipinski definition) is 3. The minimum absolute atomic E-state index is 0.403. The van der Waals surface area contributed by atoms with E-state index in [0.717, 1.165) is 30.6 Å². The number of fused-ring (bicyclic) bond motifs is 1. The zero-order valence-corrected chi connectivity index (χ0v) is 11.8. The van der Waals surface area contributed by atoms with E-state index in [1.54, 1.807) is 24.3 Å². The Kier molecular flexibility index (Phi) is 3.92. The molecule has 0 radical (unpaired) electrons. The highest BCUT2D eigenvalue weighted by atomic mass is 16.5. The van der Waals surface area contributed by atoms with Gasteiger partial charge in [0.25, 0.3) is 0 Å². The maximum absolute atomic E-state index is 10.9. The van der Waals surface area contributed by atoms with E-state index in [4.69, 9.17) is 10.5 Å². The van der Waals surface area contributed by atoms with Crippen LogP contribution in [0.25, 0.3) is 0 Å². The van der Waals surface area contributed by atoms with E-state index in [9.17, 15) is 4.79 Å². The molecule has 0 spiro atoms. The van der Waals surface area contributed by atoms with Crippen molar-refractivity contribution < 1.29 is 9.53 Å². The summed E-state index contributed by atoms with van der Waals surface area (Å²) >= 11 is 0. The quantitative estimate of drug-likeness (QED) is 0.773. The van der Waals surface area contributed by atoms with Gasteiger partial charge in [-0.25, -0.2) is 0 Å². The largest absolute Gasteiger partial charge is 0.494 e. The molecule has 1 saturated carbocycles.